The van der Waals surface area contributed by atoms with E-state index in [9.17, 15) is 56.8 Å². The van der Waals surface area contributed by atoms with E-state index < -0.39 is 49.5 Å². The molecule has 0 spiro atoms. The van der Waals surface area contributed by atoms with Crippen molar-refractivity contribution in [3.63, 3.8) is 0 Å². The zero-order valence-electron chi connectivity index (χ0n) is 11.8. The fraction of sp³-hybridized carbons (Fsp3) is 1.00. The second-order valence-corrected chi connectivity index (χ2v) is 7.57. The molecule has 0 heterocycles. The van der Waals surface area contributed by atoms with Crippen molar-refractivity contribution in [1.82, 2.24) is 0 Å². The van der Waals surface area contributed by atoms with Gasteiger partial charge < -0.3 is 61.9 Å². The molecule has 0 saturated carbocycles. The molecule has 16 nitrogen and oxygen atoms in total. The van der Waals surface area contributed by atoms with Crippen molar-refractivity contribution in [3.05, 3.63) is 0 Å². The van der Waals surface area contributed by atoms with Crippen molar-refractivity contribution >= 4 is 49.5 Å². The minimum Gasteiger partial charge on any atom is -0.781 e. The molecule has 0 aliphatic carbocycles. The van der Waals surface area contributed by atoms with Gasteiger partial charge in [0.05, 0.1) is 0 Å². The molecular formula is C2H12O16P6U. The fourth-order valence-electron chi connectivity index (χ4n) is 0.204. The first kappa shape index (κ1) is 37.7. The quantitative estimate of drug-likeness (QED) is 0.254. The van der Waals surface area contributed by atoms with Gasteiger partial charge in [-0.3, -0.25) is 12.9 Å². The summed E-state index contributed by atoms with van der Waals surface area (Å²) in [6, 6.07) is 0. The van der Waals surface area contributed by atoms with Gasteiger partial charge in [-0.2, -0.15) is 0 Å². The Labute approximate surface area is 168 Å². The smallest absolute Gasteiger partial charge is 0.781 e. The zero-order valence-corrected chi connectivity index (χ0v) is 21.9. The molecule has 0 radical (unpaired) electrons. The van der Waals surface area contributed by atoms with Gasteiger partial charge in [0, 0.05) is 6.61 Å². The Morgan fingerprint density at radius 3 is 0.680 bits per heavy atom. The van der Waals surface area contributed by atoms with Crippen LogP contribution in [0.15, 0.2) is 0 Å². The molecule has 0 fully saturated rings. The van der Waals surface area contributed by atoms with Gasteiger partial charge in [-0.05, 0) is 6.92 Å². The summed E-state index contributed by atoms with van der Waals surface area (Å²) in [5, 5.41) is 7.57. The largest absolute Gasteiger partial charge is 6.00 e. The number of hydrogen-bond acceptors (Lipinski definition) is 16. The summed E-state index contributed by atoms with van der Waals surface area (Å²) in [5.41, 5.74) is 0. The molecule has 0 aliphatic rings. The molecular weight excluding hydrogens is 704 g/mol. The van der Waals surface area contributed by atoms with Gasteiger partial charge in [-0.25, -0.2) is 0 Å². The monoisotopic (exact) mass is 716 g/mol. The van der Waals surface area contributed by atoms with E-state index in [2.05, 4.69) is 12.9 Å². The maximum absolute atomic E-state index is 9.29. The van der Waals surface area contributed by atoms with E-state index >= 15 is 0 Å². The topological polar surface area (TPSA) is 289 Å². The molecule has 0 amide bonds. The van der Waals surface area contributed by atoms with Gasteiger partial charge in [0.1, 0.15) is 49.5 Å². The summed E-state index contributed by atoms with van der Waals surface area (Å²) in [6.07, 6.45) is 0. The maximum atomic E-state index is 9.29. The van der Waals surface area contributed by atoms with Gasteiger partial charge in [-0.15, -0.1) is 0 Å². The second-order valence-electron chi connectivity index (χ2n) is 2.12. The number of rotatable bonds is 6. The molecule has 0 aromatic carbocycles. The van der Waals surface area contributed by atoms with Gasteiger partial charge in [-0.1, -0.05) is 0 Å². The summed E-state index contributed by atoms with van der Waals surface area (Å²) >= 11 is 0. The minimum absolute atomic E-state index is 0. The molecule has 23 heteroatoms. The van der Waals surface area contributed by atoms with Crippen LogP contribution in [0, 0.1) is 31.1 Å². The van der Waals surface area contributed by atoms with Crippen LogP contribution in [0.4, 0.5) is 0 Å². The Bertz CT molecular complexity index is 339. The maximum Gasteiger partial charge on any atom is 6.00 e. The number of aliphatic hydroxyl groups excluding tert-OH is 1. The van der Waals surface area contributed by atoms with Crippen LogP contribution in [0.25, 0.3) is 0 Å². The Hall–Kier alpha value is 2.03. The third-order valence-electron chi connectivity index (χ3n) is 0.500. The van der Waals surface area contributed by atoms with Crippen LogP contribution < -0.4 is 29.4 Å². The Kier molecular flexibility index (Phi) is 42.6. The van der Waals surface area contributed by atoms with Crippen molar-refractivity contribution in [2.75, 3.05) is 6.61 Å². The van der Waals surface area contributed by atoms with Crippen LogP contribution in [0.3, 0.4) is 0 Å². The van der Waals surface area contributed by atoms with E-state index in [1.165, 1.54) is 0 Å². The molecule has 0 aromatic heterocycles. The molecule has 0 rings (SSSR count). The van der Waals surface area contributed by atoms with Crippen LogP contribution in [-0.4, -0.2) is 11.7 Å². The van der Waals surface area contributed by atoms with E-state index in [1.807, 2.05) is 0 Å². The van der Waals surface area contributed by atoms with Gasteiger partial charge in [0.25, 0.3) is 0 Å². The molecule has 6 atom stereocenters. The summed E-state index contributed by atoms with van der Waals surface area (Å²) in [6.45, 7) is 1.93. The second kappa shape index (κ2) is 28.2. The molecule has 1 N–H and O–H groups in total. The summed E-state index contributed by atoms with van der Waals surface area (Å²) in [4.78, 5) is 55.7. The molecule has 150 valence electrons. The van der Waals surface area contributed by atoms with Gasteiger partial charge in [0.2, 0.25) is 0 Å². The Balaban J connectivity index is -0.0000000727. The zero-order chi connectivity index (χ0) is 20.3. The fourth-order valence-corrected chi connectivity index (χ4v) is 1.84. The van der Waals surface area contributed by atoms with E-state index in [1.54, 1.807) is 6.92 Å². The SMILES string of the molecule is CCO.O=[PH]([O-])O[PH](=O)[O-].O=[PH]([O-])O[PH](=O)[O-].O=[PH]([O-])O[PH](=O)[O-].[U+6]. The molecule has 25 heavy (non-hydrogen) atoms. The minimum atomic E-state index is -3.51. The average molecular weight is 716 g/mol. The standard InChI is InChI=1S/C2H6O.3H4O5P2.U/c1-2-3;3*1-6(2)5-7(3)4;/h3H,2H2,1H3;3*6-7H,(H,1,2)(H,3,4);/q;;;;+6/p-6. The Morgan fingerprint density at radius 2 is 0.680 bits per heavy atom. The Morgan fingerprint density at radius 1 is 0.600 bits per heavy atom. The first-order valence-corrected chi connectivity index (χ1v) is 12.0. The van der Waals surface area contributed by atoms with Crippen LogP contribution in [-0.2, 0) is 40.3 Å². The van der Waals surface area contributed by atoms with Crippen molar-refractivity contribution in [3.8, 4) is 0 Å². The molecule has 0 saturated heterocycles. The molecule has 6 unspecified atom stereocenters. The summed E-state index contributed by atoms with van der Waals surface area (Å²) in [7, 11) is -21.1. The van der Waals surface area contributed by atoms with Crippen LogP contribution in [0.2, 0.25) is 0 Å². The molecule has 0 aliphatic heterocycles. The molecule has 0 bridgehead atoms. The normalized spacial score (nSPS) is 16.3. The summed E-state index contributed by atoms with van der Waals surface area (Å²) in [5.74, 6) is 0. The van der Waals surface area contributed by atoms with E-state index in [0.717, 1.165) is 0 Å². The van der Waals surface area contributed by atoms with Crippen LogP contribution >= 0.6 is 49.5 Å². The van der Waals surface area contributed by atoms with E-state index in [-0.39, 0.29) is 37.7 Å². The number of hydrogen-bond donors (Lipinski definition) is 1. The predicted molar refractivity (Wildman–Crippen MR) is 70.0 cm³/mol. The third kappa shape index (κ3) is 76.4. The van der Waals surface area contributed by atoms with Crippen molar-refractivity contribution in [2.24, 2.45) is 0 Å². The van der Waals surface area contributed by atoms with Crippen molar-refractivity contribution < 1.29 is 106 Å². The average Bonchev–Trinajstić information content (AvgIpc) is 2.24. The molecule has 0 aromatic rings. The van der Waals surface area contributed by atoms with Crippen LogP contribution in [0.1, 0.15) is 6.92 Å². The van der Waals surface area contributed by atoms with E-state index in [4.69, 9.17) is 5.11 Å². The van der Waals surface area contributed by atoms with E-state index in [0.29, 0.717) is 0 Å². The van der Waals surface area contributed by atoms with Crippen molar-refractivity contribution in [2.45, 2.75) is 6.92 Å². The number of aliphatic hydroxyl groups is 1. The first-order valence-electron chi connectivity index (χ1n) is 4.70. The van der Waals surface area contributed by atoms with Gasteiger partial charge in [0.15, 0.2) is 0 Å². The third-order valence-corrected chi connectivity index (χ3v) is 4.50. The predicted octanol–water partition coefficient (Wildman–Crippen LogP) is -4.49. The summed E-state index contributed by atoms with van der Waals surface area (Å²) < 4.78 is 65.4. The van der Waals surface area contributed by atoms with Crippen LogP contribution in [0.5, 0.6) is 0 Å². The first-order chi connectivity index (χ1) is 10.8. The van der Waals surface area contributed by atoms with Gasteiger partial charge >= 0.3 is 31.1 Å². The van der Waals surface area contributed by atoms with Crippen molar-refractivity contribution in [1.29, 1.82) is 0 Å².